The number of fused-ring (bicyclic) bond motifs is 2. The molecule has 0 N–H and O–H groups in total. The lowest BCUT2D eigenvalue weighted by Crippen LogP contribution is -2.37. The number of hydrogen-bond acceptors (Lipinski definition) is 8. The number of carbonyl (C=O) groups is 1. The zero-order valence-corrected chi connectivity index (χ0v) is 17.9. The quantitative estimate of drug-likeness (QED) is 0.549. The van der Waals surface area contributed by atoms with Crippen molar-refractivity contribution in [2.45, 2.75) is 31.5 Å². The van der Waals surface area contributed by atoms with Crippen molar-refractivity contribution in [1.29, 1.82) is 0 Å². The highest BCUT2D eigenvalue weighted by atomic mass is 32.2. The molecule has 2 fully saturated rings. The molecule has 0 aliphatic carbocycles. The molecule has 162 valence electrons. The number of benzene rings is 1. The Morgan fingerprint density at radius 3 is 1.86 bits per heavy atom. The van der Waals surface area contributed by atoms with E-state index in [9.17, 15) is 21.6 Å². The molecule has 2 unspecified atom stereocenters. The first-order valence-corrected chi connectivity index (χ1v) is 12.9. The largest absolute Gasteiger partial charge is 0.445 e. The van der Waals surface area contributed by atoms with Crippen LogP contribution in [0, 0.1) is 11.8 Å². The SMILES string of the molecule is CS(=O)(=O)OCC1C(COS(C)(=O)=O)[C@@H]2CC[C@H]1N2C(=O)OCc1ccccc1. The first kappa shape index (κ1) is 22.0. The van der Waals surface area contributed by atoms with Crippen LogP contribution in [0.4, 0.5) is 4.79 Å². The third-order valence-electron chi connectivity index (χ3n) is 5.38. The molecule has 0 saturated carbocycles. The Balaban J connectivity index is 1.73. The minimum absolute atomic E-state index is 0.116. The van der Waals surface area contributed by atoms with Gasteiger partial charge in [-0.25, -0.2) is 4.79 Å². The van der Waals surface area contributed by atoms with Crippen LogP contribution in [0.1, 0.15) is 18.4 Å². The smallest absolute Gasteiger partial charge is 0.410 e. The van der Waals surface area contributed by atoms with Crippen LogP contribution in [0.25, 0.3) is 0 Å². The van der Waals surface area contributed by atoms with Crippen LogP contribution >= 0.6 is 0 Å². The molecule has 4 atom stereocenters. The monoisotopic (exact) mass is 447 g/mol. The highest BCUT2D eigenvalue weighted by Gasteiger charge is 2.56. The average molecular weight is 448 g/mol. The summed E-state index contributed by atoms with van der Waals surface area (Å²) in [6.45, 7) is -0.162. The van der Waals surface area contributed by atoms with Crippen LogP contribution < -0.4 is 0 Å². The van der Waals surface area contributed by atoms with Crippen LogP contribution in [-0.4, -0.2) is 65.6 Å². The van der Waals surface area contributed by atoms with Crippen LogP contribution in [0.15, 0.2) is 30.3 Å². The predicted molar refractivity (Wildman–Crippen MR) is 104 cm³/mol. The molecule has 3 rings (SSSR count). The van der Waals surface area contributed by atoms with Crippen molar-refractivity contribution in [2.75, 3.05) is 25.7 Å². The van der Waals surface area contributed by atoms with E-state index in [1.54, 1.807) is 4.90 Å². The fourth-order valence-corrected chi connectivity index (χ4v) is 5.02. The Morgan fingerprint density at radius 1 is 0.931 bits per heavy atom. The maximum atomic E-state index is 12.8. The summed E-state index contributed by atoms with van der Waals surface area (Å²) in [6, 6.07) is 8.66. The van der Waals surface area contributed by atoms with Gasteiger partial charge in [-0.05, 0) is 18.4 Å². The highest BCUT2D eigenvalue weighted by molar-refractivity contribution is 7.86. The van der Waals surface area contributed by atoms with Gasteiger partial charge in [-0.15, -0.1) is 0 Å². The van der Waals surface area contributed by atoms with Crippen molar-refractivity contribution >= 4 is 26.3 Å². The van der Waals surface area contributed by atoms with Crippen molar-refractivity contribution in [2.24, 2.45) is 11.8 Å². The minimum Gasteiger partial charge on any atom is -0.445 e. The van der Waals surface area contributed by atoms with Crippen LogP contribution in [0.3, 0.4) is 0 Å². The molecule has 2 saturated heterocycles. The maximum Gasteiger partial charge on any atom is 0.410 e. The highest BCUT2D eigenvalue weighted by Crippen LogP contribution is 2.46. The molecule has 2 aliphatic heterocycles. The Hall–Kier alpha value is -1.69. The molecule has 1 aromatic carbocycles. The first-order valence-electron chi connectivity index (χ1n) is 9.23. The topological polar surface area (TPSA) is 116 Å². The zero-order chi connectivity index (χ0) is 21.2. The summed E-state index contributed by atoms with van der Waals surface area (Å²) in [7, 11) is -7.35. The third-order valence-corrected chi connectivity index (χ3v) is 6.50. The fraction of sp³-hybridized carbons (Fsp3) is 0.611. The molecule has 11 heteroatoms. The Kier molecular flexibility index (Phi) is 6.51. The first-order chi connectivity index (χ1) is 13.6. The van der Waals surface area contributed by atoms with E-state index in [-0.39, 0.29) is 43.7 Å². The molecular formula is C18H25NO8S2. The van der Waals surface area contributed by atoms with Gasteiger partial charge in [0, 0.05) is 23.9 Å². The summed E-state index contributed by atoms with van der Waals surface area (Å²) < 4.78 is 61.1. The summed E-state index contributed by atoms with van der Waals surface area (Å²) in [5.74, 6) is -0.732. The molecule has 2 heterocycles. The van der Waals surface area contributed by atoms with E-state index in [0.717, 1.165) is 18.1 Å². The van der Waals surface area contributed by atoms with E-state index in [0.29, 0.717) is 12.8 Å². The second-order valence-electron chi connectivity index (χ2n) is 7.46. The van der Waals surface area contributed by atoms with Crippen molar-refractivity contribution in [3.63, 3.8) is 0 Å². The number of hydrogen-bond donors (Lipinski definition) is 0. The van der Waals surface area contributed by atoms with Crippen molar-refractivity contribution in [1.82, 2.24) is 4.90 Å². The molecule has 2 aliphatic rings. The normalized spacial score (nSPS) is 26.6. The number of amides is 1. The van der Waals surface area contributed by atoms with Crippen LogP contribution in [0.5, 0.6) is 0 Å². The number of carbonyl (C=O) groups excluding carboxylic acids is 1. The van der Waals surface area contributed by atoms with Gasteiger partial charge >= 0.3 is 6.09 Å². The summed E-state index contributed by atoms with van der Waals surface area (Å²) in [4.78, 5) is 14.4. The van der Waals surface area contributed by atoms with E-state index in [2.05, 4.69) is 0 Å². The second kappa shape index (κ2) is 8.58. The molecule has 29 heavy (non-hydrogen) atoms. The van der Waals surface area contributed by atoms with E-state index < -0.39 is 26.3 Å². The van der Waals surface area contributed by atoms with Crippen LogP contribution in [-0.2, 0) is 39.9 Å². The number of rotatable bonds is 8. The fourth-order valence-electron chi connectivity index (χ4n) is 4.22. The Bertz CT molecular complexity index is 882. The van der Waals surface area contributed by atoms with Gasteiger partial charge in [-0.2, -0.15) is 16.8 Å². The van der Waals surface area contributed by atoms with Gasteiger partial charge in [0.15, 0.2) is 0 Å². The molecule has 1 aromatic rings. The van der Waals surface area contributed by atoms with E-state index in [4.69, 9.17) is 13.1 Å². The number of ether oxygens (including phenoxy) is 1. The predicted octanol–water partition coefficient (Wildman–Crippen LogP) is 1.35. The summed E-state index contributed by atoms with van der Waals surface area (Å²) in [5.41, 5.74) is 0.848. The van der Waals surface area contributed by atoms with Crippen molar-refractivity contribution in [3.8, 4) is 0 Å². The van der Waals surface area contributed by atoms with Gasteiger partial charge in [-0.1, -0.05) is 30.3 Å². The van der Waals surface area contributed by atoms with Gasteiger partial charge in [0.1, 0.15) is 6.61 Å². The maximum absolute atomic E-state index is 12.8. The molecule has 0 radical (unpaired) electrons. The number of nitrogens with zero attached hydrogens (tertiary/aromatic N) is 1. The van der Waals surface area contributed by atoms with Gasteiger partial charge in [0.05, 0.1) is 25.7 Å². The second-order valence-corrected chi connectivity index (χ2v) is 10.8. The van der Waals surface area contributed by atoms with Crippen molar-refractivity contribution < 1.29 is 34.7 Å². The lowest BCUT2D eigenvalue weighted by Gasteiger charge is -2.27. The molecule has 0 spiro atoms. The zero-order valence-electron chi connectivity index (χ0n) is 16.3. The minimum atomic E-state index is -3.67. The molecule has 1 amide bonds. The van der Waals surface area contributed by atoms with Gasteiger partial charge in [0.2, 0.25) is 0 Å². The lowest BCUT2D eigenvalue weighted by molar-refractivity contribution is 0.0859. The van der Waals surface area contributed by atoms with Crippen LogP contribution in [0.2, 0.25) is 0 Å². The standard InChI is InChI=1S/C18H25NO8S2/c1-28(21,22)26-11-14-15(12-27-29(2,23)24)17-9-8-16(14)19(17)18(20)25-10-13-6-4-3-5-7-13/h3-7,14-17H,8-12H2,1-2H3/t14?,15?,16-,17+. The molecular weight excluding hydrogens is 422 g/mol. The third kappa shape index (κ3) is 5.68. The van der Waals surface area contributed by atoms with E-state index in [1.165, 1.54) is 0 Å². The summed E-state index contributed by atoms with van der Waals surface area (Å²) in [6.07, 6.45) is 2.73. The summed E-state index contributed by atoms with van der Waals surface area (Å²) >= 11 is 0. The van der Waals surface area contributed by atoms with Crippen molar-refractivity contribution in [3.05, 3.63) is 35.9 Å². The van der Waals surface area contributed by atoms with E-state index >= 15 is 0 Å². The van der Waals surface area contributed by atoms with E-state index in [1.807, 2.05) is 30.3 Å². The molecule has 2 bridgehead atoms. The van der Waals surface area contributed by atoms with Gasteiger partial charge < -0.3 is 9.64 Å². The summed E-state index contributed by atoms with van der Waals surface area (Å²) in [5, 5.41) is 0. The average Bonchev–Trinajstić information content (AvgIpc) is 3.18. The Morgan fingerprint density at radius 2 is 1.41 bits per heavy atom. The van der Waals surface area contributed by atoms with Gasteiger partial charge in [0.25, 0.3) is 20.2 Å². The Labute approximate surface area is 171 Å². The van der Waals surface area contributed by atoms with Gasteiger partial charge in [-0.3, -0.25) is 8.37 Å². The lowest BCUT2D eigenvalue weighted by atomic mass is 9.80. The molecule has 0 aromatic heterocycles. The molecule has 9 nitrogen and oxygen atoms in total.